The van der Waals surface area contributed by atoms with Gasteiger partial charge in [0.25, 0.3) is 5.91 Å². The van der Waals surface area contributed by atoms with E-state index in [2.05, 4.69) is 20.9 Å². The Balaban J connectivity index is 2.72. The zero-order valence-corrected chi connectivity index (χ0v) is 10.3. The molecule has 0 radical (unpaired) electrons. The predicted octanol–water partition coefficient (Wildman–Crippen LogP) is 1.56. The Hall–Kier alpha value is -0.940. The van der Waals surface area contributed by atoms with Crippen molar-refractivity contribution in [3.05, 3.63) is 28.5 Å². The maximum Gasteiger partial charge on any atom is 0.273 e. The van der Waals surface area contributed by atoms with Crippen molar-refractivity contribution in [2.75, 3.05) is 27.3 Å². The number of likely N-dealkylation sites (N-methyl/N-ethyl adjacent to an activating group) is 1. The lowest BCUT2D eigenvalue weighted by molar-refractivity contribution is 0.0737. The Labute approximate surface area is 97.4 Å². The molecule has 5 heteroatoms. The summed E-state index contributed by atoms with van der Waals surface area (Å²) < 4.78 is 5.61. The van der Waals surface area contributed by atoms with Gasteiger partial charge in [-0.3, -0.25) is 4.79 Å². The molecule has 0 aliphatic rings. The molecule has 82 valence electrons. The molecule has 0 aromatic carbocycles. The fourth-order valence-electron chi connectivity index (χ4n) is 1.05. The van der Waals surface area contributed by atoms with Crippen molar-refractivity contribution >= 4 is 21.8 Å². The second-order valence-corrected chi connectivity index (χ2v) is 3.91. The molecule has 0 unspecified atom stereocenters. The summed E-state index contributed by atoms with van der Waals surface area (Å²) in [5, 5.41) is 0. The predicted molar refractivity (Wildman–Crippen MR) is 60.8 cm³/mol. The molecule has 0 aliphatic carbocycles. The van der Waals surface area contributed by atoms with E-state index in [0.717, 1.165) is 0 Å². The molecule has 0 saturated heterocycles. The molecule has 0 fully saturated rings. The van der Waals surface area contributed by atoms with Crippen LogP contribution in [0.15, 0.2) is 22.8 Å². The quantitative estimate of drug-likeness (QED) is 0.836. The zero-order chi connectivity index (χ0) is 11.3. The number of amides is 1. The molecule has 1 aromatic heterocycles. The van der Waals surface area contributed by atoms with E-state index < -0.39 is 0 Å². The lowest BCUT2D eigenvalue weighted by atomic mass is 10.3. The molecule has 1 rings (SSSR count). The van der Waals surface area contributed by atoms with E-state index in [1.165, 1.54) is 0 Å². The molecule has 1 amide bonds. The fraction of sp³-hybridized carbons (Fsp3) is 0.400. The molecular formula is C10H13BrN2O2. The number of nitrogens with zero attached hydrogens (tertiary/aromatic N) is 2. The molecule has 0 N–H and O–H groups in total. The number of methoxy groups -OCH3 is 1. The monoisotopic (exact) mass is 272 g/mol. The summed E-state index contributed by atoms with van der Waals surface area (Å²) in [6.07, 6.45) is 1.60. The minimum absolute atomic E-state index is 0.112. The van der Waals surface area contributed by atoms with Gasteiger partial charge in [0.05, 0.1) is 6.61 Å². The molecule has 0 spiro atoms. The normalized spacial score (nSPS) is 10.1. The number of rotatable bonds is 4. The molecule has 0 saturated carbocycles. The number of halogens is 1. The van der Waals surface area contributed by atoms with Crippen LogP contribution in [-0.2, 0) is 4.74 Å². The average Bonchev–Trinajstić information content (AvgIpc) is 2.25. The smallest absolute Gasteiger partial charge is 0.273 e. The van der Waals surface area contributed by atoms with Gasteiger partial charge in [0, 0.05) is 31.4 Å². The molecule has 1 heterocycles. The van der Waals surface area contributed by atoms with E-state index in [0.29, 0.717) is 23.3 Å². The SMILES string of the molecule is COCCN(C)C(=O)c1ncccc1Br. The van der Waals surface area contributed by atoms with E-state index in [4.69, 9.17) is 4.74 Å². The van der Waals surface area contributed by atoms with Crippen LogP contribution in [0.4, 0.5) is 0 Å². The second kappa shape index (κ2) is 5.82. The van der Waals surface area contributed by atoms with Crippen LogP contribution in [-0.4, -0.2) is 43.1 Å². The zero-order valence-electron chi connectivity index (χ0n) is 8.74. The Morgan fingerprint density at radius 1 is 1.67 bits per heavy atom. The topological polar surface area (TPSA) is 42.4 Å². The largest absolute Gasteiger partial charge is 0.383 e. The van der Waals surface area contributed by atoms with Gasteiger partial charge in [0.15, 0.2) is 0 Å². The van der Waals surface area contributed by atoms with Gasteiger partial charge in [0.1, 0.15) is 5.69 Å². The highest BCUT2D eigenvalue weighted by molar-refractivity contribution is 9.10. The first kappa shape index (κ1) is 12.1. The van der Waals surface area contributed by atoms with Crippen molar-refractivity contribution in [2.24, 2.45) is 0 Å². The van der Waals surface area contributed by atoms with Crippen LogP contribution in [0.2, 0.25) is 0 Å². The van der Waals surface area contributed by atoms with Gasteiger partial charge in [-0.15, -0.1) is 0 Å². The minimum Gasteiger partial charge on any atom is -0.383 e. The first-order valence-corrected chi connectivity index (χ1v) is 5.31. The maximum atomic E-state index is 11.8. The van der Waals surface area contributed by atoms with Gasteiger partial charge in [-0.05, 0) is 28.1 Å². The molecule has 0 bridgehead atoms. The van der Waals surface area contributed by atoms with Crippen LogP contribution >= 0.6 is 15.9 Å². The first-order valence-electron chi connectivity index (χ1n) is 4.51. The fourth-order valence-corrected chi connectivity index (χ4v) is 1.48. The number of carbonyl (C=O) groups excluding carboxylic acids is 1. The number of hydrogen-bond acceptors (Lipinski definition) is 3. The highest BCUT2D eigenvalue weighted by Crippen LogP contribution is 2.14. The average molecular weight is 273 g/mol. The van der Waals surface area contributed by atoms with Gasteiger partial charge in [0.2, 0.25) is 0 Å². The highest BCUT2D eigenvalue weighted by atomic mass is 79.9. The summed E-state index contributed by atoms with van der Waals surface area (Å²) in [5.41, 5.74) is 0.427. The van der Waals surface area contributed by atoms with Crippen molar-refractivity contribution < 1.29 is 9.53 Å². The van der Waals surface area contributed by atoms with Crippen LogP contribution in [0.1, 0.15) is 10.5 Å². The minimum atomic E-state index is -0.112. The molecule has 0 aliphatic heterocycles. The van der Waals surface area contributed by atoms with Crippen LogP contribution in [0.3, 0.4) is 0 Å². The first-order chi connectivity index (χ1) is 7.16. The Morgan fingerprint density at radius 3 is 3.00 bits per heavy atom. The Kier molecular flexibility index (Phi) is 4.71. The van der Waals surface area contributed by atoms with Crippen LogP contribution in [0, 0.1) is 0 Å². The molecular weight excluding hydrogens is 260 g/mol. The van der Waals surface area contributed by atoms with Crippen LogP contribution in [0.25, 0.3) is 0 Å². The van der Waals surface area contributed by atoms with Gasteiger partial charge in [-0.2, -0.15) is 0 Å². The van der Waals surface area contributed by atoms with E-state index >= 15 is 0 Å². The van der Waals surface area contributed by atoms with E-state index in [1.54, 1.807) is 37.4 Å². The van der Waals surface area contributed by atoms with Crippen molar-refractivity contribution in [3.8, 4) is 0 Å². The van der Waals surface area contributed by atoms with Crippen molar-refractivity contribution in [1.82, 2.24) is 9.88 Å². The Bertz CT molecular complexity index is 344. The molecule has 15 heavy (non-hydrogen) atoms. The summed E-state index contributed by atoms with van der Waals surface area (Å²) in [7, 11) is 3.33. The number of pyridine rings is 1. The third kappa shape index (κ3) is 3.28. The van der Waals surface area contributed by atoms with Crippen LogP contribution < -0.4 is 0 Å². The van der Waals surface area contributed by atoms with Crippen molar-refractivity contribution in [1.29, 1.82) is 0 Å². The third-order valence-corrected chi connectivity index (χ3v) is 2.58. The van der Waals surface area contributed by atoms with Gasteiger partial charge in [-0.25, -0.2) is 4.98 Å². The number of aromatic nitrogens is 1. The van der Waals surface area contributed by atoms with E-state index in [9.17, 15) is 4.79 Å². The lowest BCUT2D eigenvalue weighted by Crippen LogP contribution is -2.30. The summed E-state index contributed by atoms with van der Waals surface area (Å²) in [5.74, 6) is -0.112. The van der Waals surface area contributed by atoms with Gasteiger partial charge in [-0.1, -0.05) is 0 Å². The summed E-state index contributed by atoms with van der Waals surface area (Å²) >= 11 is 3.29. The summed E-state index contributed by atoms with van der Waals surface area (Å²) in [6.45, 7) is 1.07. The summed E-state index contributed by atoms with van der Waals surface area (Å²) in [6, 6.07) is 3.57. The van der Waals surface area contributed by atoms with E-state index in [-0.39, 0.29) is 5.91 Å². The van der Waals surface area contributed by atoms with Gasteiger partial charge >= 0.3 is 0 Å². The summed E-state index contributed by atoms with van der Waals surface area (Å²) in [4.78, 5) is 17.5. The second-order valence-electron chi connectivity index (χ2n) is 3.05. The number of hydrogen-bond donors (Lipinski definition) is 0. The molecule has 1 aromatic rings. The Morgan fingerprint density at radius 2 is 2.40 bits per heavy atom. The lowest BCUT2D eigenvalue weighted by Gasteiger charge is -2.16. The molecule has 4 nitrogen and oxygen atoms in total. The third-order valence-electron chi connectivity index (χ3n) is 1.94. The van der Waals surface area contributed by atoms with E-state index in [1.807, 2.05) is 0 Å². The standard InChI is InChI=1S/C10H13BrN2O2/c1-13(6-7-15-2)10(14)9-8(11)4-3-5-12-9/h3-5H,6-7H2,1-2H3. The van der Waals surface area contributed by atoms with Crippen molar-refractivity contribution in [3.63, 3.8) is 0 Å². The highest BCUT2D eigenvalue weighted by Gasteiger charge is 2.15. The number of ether oxygens (including phenoxy) is 1. The maximum absolute atomic E-state index is 11.8. The van der Waals surface area contributed by atoms with Gasteiger partial charge < -0.3 is 9.64 Å². The van der Waals surface area contributed by atoms with Crippen LogP contribution in [0.5, 0.6) is 0 Å². The number of carbonyl (C=O) groups is 1. The molecule has 0 atom stereocenters. The van der Waals surface area contributed by atoms with Crippen molar-refractivity contribution in [2.45, 2.75) is 0 Å².